The molecule has 0 unspecified atom stereocenters. The van der Waals surface area contributed by atoms with Crippen LogP contribution in [0.5, 0.6) is 11.5 Å². The molecule has 3 rings (SSSR count). The number of amides is 1. The Balaban J connectivity index is 1.56. The molecular formula is C19H17N3O4. The number of benzene rings is 2. The highest BCUT2D eigenvalue weighted by Crippen LogP contribution is 2.16. The molecule has 1 amide bonds. The Morgan fingerprint density at radius 3 is 2.65 bits per heavy atom. The minimum absolute atomic E-state index is 0.197. The molecule has 2 N–H and O–H groups in total. The molecule has 0 radical (unpaired) electrons. The van der Waals surface area contributed by atoms with Crippen LogP contribution >= 0.6 is 0 Å². The highest BCUT2D eigenvalue weighted by atomic mass is 16.5. The molecule has 0 aliphatic carbocycles. The predicted octanol–water partition coefficient (Wildman–Crippen LogP) is 2.07. The summed E-state index contributed by atoms with van der Waals surface area (Å²) in [5.41, 5.74) is 3.14. The fourth-order valence-corrected chi connectivity index (χ4v) is 2.29. The molecular weight excluding hydrogens is 334 g/mol. The van der Waals surface area contributed by atoms with E-state index in [-0.39, 0.29) is 12.2 Å². The lowest BCUT2D eigenvalue weighted by atomic mass is 10.2. The summed E-state index contributed by atoms with van der Waals surface area (Å²) in [6.07, 6.45) is 1.30. The van der Waals surface area contributed by atoms with Gasteiger partial charge in [-0.1, -0.05) is 18.2 Å². The Labute approximate surface area is 149 Å². The van der Waals surface area contributed by atoms with Gasteiger partial charge in [0.2, 0.25) is 0 Å². The maximum atomic E-state index is 12.0. The Kier molecular flexibility index (Phi) is 5.28. The standard InChI is InChI=1S/C19H17N3O4/c1-25-15-6-8-16(9-7-15)26-12-18(23)22-20-11-14-10-13-4-2-3-5-17(13)21-19(14)24/h2-11H,12H2,1H3,(H,21,24)(H,22,23)/b20-11+. The average Bonchev–Trinajstić information content (AvgIpc) is 2.67. The number of carbonyl (C=O) groups excluding carboxylic acids is 1. The number of rotatable bonds is 6. The Morgan fingerprint density at radius 2 is 1.88 bits per heavy atom. The molecule has 26 heavy (non-hydrogen) atoms. The number of pyridine rings is 1. The molecule has 0 saturated carbocycles. The number of para-hydroxylation sites is 1. The van der Waals surface area contributed by atoms with Crippen molar-refractivity contribution in [2.24, 2.45) is 5.10 Å². The van der Waals surface area contributed by atoms with E-state index in [0.717, 1.165) is 10.9 Å². The average molecular weight is 351 g/mol. The van der Waals surface area contributed by atoms with Crippen molar-refractivity contribution in [3.8, 4) is 11.5 Å². The minimum atomic E-state index is -0.436. The summed E-state index contributed by atoms with van der Waals surface area (Å²) < 4.78 is 10.4. The third-order valence-electron chi connectivity index (χ3n) is 3.60. The smallest absolute Gasteiger partial charge is 0.277 e. The number of fused-ring (bicyclic) bond motifs is 1. The van der Waals surface area contributed by atoms with Crippen molar-refractivity contribution in [2.75, 3.05) is 13.7 Å². The quantitative estimate of drug-likeness (QED) is 0.525. The maximum absolute atomic E-state index is 12.0. The van der Waals surface area contributed by atoms with Crippen molar-refractivity contribution in [1.82, 2.24) is 10.4 Å². The number of H-pyrrole nitrogens is 1. The molecule has 0 spiro atoms. The number of nitrogens with zero attached hydrogens (tertiary/aromatic N) is 1. The number of hydrazone groups is 1. The maximum Gasteiger partial charge on any atom is 0.277 e. The minimum Gasteiger partial charge on any atom is -0.497 e. The first-order valence-corrected chi connectivity index (χ1v) is 7.86. The van der Waals surface area contributed by atoms with Gasteiger partial charge in [-0.05, 0) is 41.8 Å². The van der Waals surface area contributed by atoms with E-state index in [1.165, 1.54) is 6.21 Å². The van der Waals surface area contributed by atoms with Crippen LogP contribution in [0.3, 0.4) is 0 Å². The van der Waals surface area contributed by atoms with E-state index in [1.807, 2.05) is 24.3 Å². The summed E-state index contributed by atoms with van der Waals surface area (Å²) >= 11 is 0. The number of hydrogen-bond donors (Lipinski definition) is 2. The number of carbonyl (C=O) groups is 1. The van der Waals surface area contributed by atoms with Gasteiger partial charge in [0.1, 0.15) is 11.5 Å². The first-order chi connectivity index (χ1) is 12.7. The van der Waals surface area contributed by atoms with Gasteiger partial charge < -0.3 is 14.5 Å². The second-order valence-electron chi connectivity index (χ2n) is 5.40. The Hall–Kier alpha value is -3.61. The van der Waals surface area contributed by atoms with Gasteiger partial charge in [0.15, 0.2) is 6.61 Å². The van der Waals surface area contributed by atoms with Crippen molar-refractivity contribution < 1.29 is 14.3 Å². The lowest BCUT2D eigenvalue weighted by molar-refractivity contribution is -0.123. The fraction of sp³-hybridized carbons (Fsp3) is 0.105. The highest BCUT2D eigenvalue weighted by Gasteiger charge is 2.03. The molecule has 0 aliphatic heterocycles. The van der Waals surface area contributed by atoms with Crippen LogP contribution in [0.4, 0.5) is 0 Å². The van der Waals surface area contributed by atoms with Gasteiger partial charge in [0.05, 0.1) is 18.9 Å². The number of methoxy groups -OCH3 is 1. The number of ether oxygens (including phenoxy) is 2. The van der Waals surface area contributed by atoms with Gasteiger partial charge in [-0.2, -0.15) is 5.10 Å². The van der Waals surface area contributed by atoms with Crippen molar-refractivity contribution >= 4 is 23.0 Å². The van der Waals surface area contributed by atoms with Crippen molar-refractivity contribution in [3.63, 3.8) is 0 Å². The SMILES string of the molecule is COc1ccc(OCC(=O)N/N=C/c2cc3ccccc3[nH]c2=O)cc1. The van der Waals surface area contributed by atoms with Crippen LogP contribution in [0.2, 0.25) is 0 Å². The van der Waals surface area contributed by atoms with Crippen molar-refractivity contribution in [2.45, 2.75) is 0 Å². The molecule has 0 bridgehead atoms. The van der Waals surface area contributed by atoms with Gasteiger partial charge in [-0.15, -0.1) is 0 Å². The molecule has 7 heteroatoms. The molecule has 0 aliphatic rings. The van der Waals surface area contributed by atoms with Crippen LogP contribution in [-0.4, -0.2) is 30.8 Å². The Bertz CT molecular complexity index is 994. The lowest BCUT2D eigenvalue weighted by Gasteiger charge is -2.05. The predicted molar refractivity (Wildman–Crippen MR) is 98.8 cm³/mol. The summed E-state index contributed by atoms with van der Waals surface area (Å²) in [6, 6.07) is 16.0. The number of aromatic nitrogens is 1. The molecule has 1 aromatic heterocycles. The third kappa shape index (κ3) is 4.27. The monoisotopic (exact) mass is 351 g/mol. The van der Waals surface area contributed by atoms with E-state index >= 15 is 0 Å². The van der Waals surface area contributed by atoms with E-state index in [9.17, 15) is 9.59 Å². The van der Waals surface area contributed by atoms with E-state index in [4.69, 9.17) is 9.47 Å². The third-order valence-corrected chi connectivity index (χ3v) is 3.60. The zero-order valence-corrected chi connectivity index (χ0v) is 14.1. The van der Waals surface area contributed by atoms with Crippen LogP contribution in [0.1, 0.15) is 5.56 Å². The number of aromatic amines is 1. The molecule has 1 heterocycles. The van der Waals surface area contributed by atoms with Gasteiger partial charge in [0.25, 0.3) is 11.5 Å². The molecule has 0 fully saturated rings. The lowest BCUT2D eigenvalue weighted by Crippen LogP contribution is -2.25. The zero-order chi connectivity index (χ0) is 18.4. The van der Waals surface area contributed by atoms with E-state index in [2.05, 4.69) is 15.5 Å². The first kappa shape index (κ1) is 17.2. The van der Waals surface area contributed by atoms with Crippen LogP contribution < -0.4 is 20.5 Å². The van der Waals surface area contributed by atoms with Crippen molar-refractivity contribution in [3.05, 3.63) is 70.5 Å². The fourth-order valence-electron chi connectivity index (χ4n) is 2.29. The Morgan fingerprint density at radius 1 is 1.15 bits per heavy atom. The number of nitrogens with one attached hydrogen (secondary N) is 2. The topological polar surface area (TPSA) is 92.8 Å². The molecule has 132 valence electrons. The molecule has 3 aromatic rings. The second kappa shape index (κ2) is 7.98. The molecule has 0 atom stereocenters. The zero-order valence-electron chi connectivity index (χ0n) is 14.1. The van der Waals surface area contributed by atoms with Crippen molar-refractivity contribution in [1.29, 1.82) is 0 Å². The first-order valence-electron chi connectivity index (χ1n) is 7.86. The van der Waals surface area contributed by atoms with E-state index < -0.39 is 5.91 Å². The summed E-state index contributed by atoms with van der Waals surface area (Å²) in [5, 5.41) is 4.68. The van der Waals surface area contributed by atoms with Crippen LogP contribution in [0.15, 0.2) is 64.5 Å². The summed E-state index contributed by atoms with van der Waals surface area (Å²) in [5.74, 6) is 0.803. The largest absolute Gasteiger partial charge is 0.497 e. The number of hydrogen-bond acceptors (Lipinski definition) is 5. The summed E-state index contributed by atoms with van der Waals surface area (Å²) in [4.78, 5) is 26.5. The van der Waals surface area contributed by atoms with Crippen LogP contribution in [0, 0.1) is 0 Å². The summed E-state index contributed by atoms with van der Waals surface area (Å²) in [6.45, 7) is -0.197. The van der Waals surface area contributed by atoms with Gasteiger partial charge in [-0.25, -0.2) is 5.43 Å². The van der Waals surface area contributed by atoms with Gasteiger partial charge in [0, 0.05) is 5.52 Å². The van der Waals surface area contributed by atoms with Gasteiger partial charge >= 0.3 is 0 Å². The van der Waals surface area contributed by atoms with E-state index in [0.29, 0.717) is 17.1 Å². The second-order valence-corrected chi connectivity index (χ2v) is 5.40. The van der Waals surface area contributed by atoms with Gasteiger partial charge in [-0.3, -0.25) is 9.59 Å². The molecule has 2 aromatic carbocycles. The van der Waals surface area contributed by atoms with Crippen LogP contribution in [-0.2, 0) is 4.79 Å². The summed E-state index contributed by atoms with van der Waals surface area (Å²) in [7, 11) is 1.57. The molecule has 0 saturated heterocycles. The van der Waals surface area contributed by atoms with Crippen LogP contribution in [0.25, 0.3) is 10.9 Å². The molecule has 7 nitrogen and oxygen atoms in total. The normalized spacial score (nSPS) is 10.8. The highest BCUT2D eigenvalue weighted by molar-refractivity contribution is 5.88. The van der Waals surface area contributed by atoms with E-state index in [1.54, 1.807) is 37.4 Å².